The van der Waals surface area contributed by atoms with Crippen molar-refractivity contribution in [2.75, 3.05) is 0 Å². The van der Waals surface area contributed by atoms with E-state index in [2.05, 4.69) is 38.0 Å². The Hall–Kier alpha value is -1.31. The highest BCUT2D eigenvalue weighted by Crippen LogP contribution is 2.23. The second kappa shape index (κ2) is 3.12. The predicted octanol–water partition coefficient (Wildman–Crippen LogP) is 2.75. The Morgan fingerprint density at radius 2 is 2.00 bits per heavy atom. The number of hydrogen-bond acceptors (Lipinski definition) is 1. The molecule has 0 aliphatic rings. The molecule has 0 fully saturated rings. The van der Waals surface area contributed by atoms with Crippen LogP contribution in [0.25, 0.3) is 10.9 Å². The van der Waals surface area contributed by atoms with Gasteiger partial charge in [0.2, 0.25) is 0 Å². The van der Waals surface area contributed by atoms with Crippen molar-refractivity contribution in [3.05, 3.63) is 29.0 Å². The average molecular weight is 188 g/mol. The van der Waals surface area contributed by atoms with Gasteiger partial charge >= 0.3 is 0 Å². The van der Waals surface area contributed by atoms with Gasteiger partial charge < -0.3 is 0 Å². The summed E-state index contributed by atoms with van der Waals surface area (Å²) in [5.74, 6) is 0. The number of aryl methyl sites for hydroxylation is 4. The summed E-state index contributed by atoms with van der Waals surface area (Å²) in [6.45, 7) is 6.46. The lowest BCUT2D eigenvalue weighted by molar-refractivity contribution is 0.768. The predicted molar refractivity (Wildman–Crippen MR) is 59.6 cm³/mol. The minimum Gasteiger partial charge on any atom is -0.267 e. The van der Waals surface area contributed by atoms with Crippen LogP contribution in [0.4, 0.5) is 0 Å². The van der Waals surface area contributed by atoms with Crippen molar-refractivity contribution in [3.8, 4) is 0 Å². The first-order valence-corrected chi connectivity index (χ1v) is 5.07. The van der Waals surface area contributed by atoms with Crippen LogP contribution in [0.3, 0.4) is 0 Å². The molecule has 0 atom stereocenters. The zero-order chi connectivity index (χ0) is 10.3. The third-order valence-corrected chi connectivity index (χ3v) is 2.94. The van der Waals surface area contributed by atoms with Gasteiger partial charge in [0.25, 0.3) is 0 Å². The molecule has 2 nitrogen and oxygen atoms in total. The van der Waals surface area contributed by atoms with Gasteiger partial charge in [-0.3, -0.25) is 4.68 Å². The van der Waals surface area contributed by atoms with Crippen LogP contribution in [0, 0.1) is 13.8 Å². The first-order valence-electron chi connectivity index (χ1n) is 5.07. The van der Waals surface area contributed by atoms with Crippen LogP contribution in [0.5, 0.6) is 0 Å². The number of hydrogen-bond donors (Lipinski definition) is 0. The number of benzene rings is 1. The molecule has 2 aromatic rings. The molecule has 0 radical (unpaired) electrons. The molecule has 2 rings (SSSR count). The second-order valence-electron chi connectivity index (χ2n) is 3.83. The van der Waals surface area contributed by atoms with Crippen LogP contribution >= 0.6 is 0 Å². The fraction of sp³-hybridized carbons (Fsp3) is 0.417. The third-order valence-electron chi connectivity index (χ3n) is 2.94. The highest BCUT2D eigenvalue weighted by molar-refractivity contribution is 5.85. The van der Waals surface area contributed by atoms with E-state index in [1.165, 1.54) is 27.7 Å². The van der Waals surface area contributed by atoms with E-state index in [1.54, 1.807) is 0 Å². The molecular formula is C12H16N2. The summed E-state index contributed by atoms with van der Waals surface area (Å²) in [5.41, 5.74) is 5.16. The van der Waals surface area contributed by atoms with Crippen LogP contribution in [-0.2, 0) is 13.5 Å². The largest absolute Gasteiger partial charge is 0.267 e. The standard InChI is InChI=1S/C12H16N2/c1-5-11-10-7-6-8(2)9(3)12(10)14(4)13-11/h6-7H,5H2,1-4H3. The summed E-state index contributed by atoms with van der Waals surface area (Å²) in [6.07, 6.45) is 1.000. The van der Waals surface area contributed by atoms with E-state index in [0.717, 1.165) is 6.42 Å². The van der Waals surface area contributed by atoms with E-state index < -0.39 is 0 Å². The van der Waals surface area contributed by atoms with E-state index in [0.29, 0.717) is 0 Å². The molecule has 0 aliphatic carbocycles. The molecule has 0 unspecified atom stereocenters. The molecule has 0 bridgehead atoms. The van der Waals surface area contributed by atoms with E-state index in [-0.39, 0.29) is 0 Å². The molecule has 0 amide bonds. The highest BCUT2D eigenvalue weighted by Gasteiger charge is 2.09. The van der Waals surface area contributed by atoms with Crippen molar-refractivity contribution >= 4 is 10.9 Å². The third kappa shape index (κ3) is 1.14. The Balaban J connectivity index is 2.89. The summed E-state index contributed by atoms with van der Waals surface area (Å²) in [6, 6.07) is 4.36. The lowest BCUT2D eigenvalue weighted by atomic mass is 10.0. The van der Waals surface area contributed by atoms with Gasteiger partial charge in [-0.1, -0.05) is 19.1 Å². The summed E-state index contributed by atoms with van der Waals surface area (Å²) in [7, 11) is 2.02. The van der Waals surface area contributed by atoms with Crippen molar-refractivity contribution < 1.29 is 0 Å². The normalized spacial score (nSPS) is 11.1. The molecule has 0 N–H and O–H groups in total. The van der Waals surface area contributed by atoms with Crippen LogP contribution in [-0.4, -0.2) is 9.78 Å². The van der Waals surface area contributed by atoms with Gasteiger partial charge in [0.15, 0.2) is 0 Å². The maximum absolute atomic E-state index is 4.53. The lowest BCUT2D eigenvalue weighted by Gasteiger charge is -2.02. The fourth-order valence-corrected chi connectivity index (χ4v) is 2.00. The zero-order valence-corrected chi connectivity index (χ0v) is 9.26. The molecule has 2 heteroatoms. The van der Waals surface area contributed by atoms with E-state index >= 15 is 0 Å². The lowest BCUT2D eigenvalue weighted by Crippen LogP contribution is -1.93. The van der Waals surface area contributed by atoms with Gasteiger partial charge in [-0.2, -0.15) is 5.10 Å². The topological polar surface area (TPSA) is 17.8 Å². The van der Waals surface area contributed by atoms with E-state index in [9.17, 15) is 0 Å². The van der Waals surface area contributed by atoms with Gasteiger partial charge in [-0.05, 0) is 31.4 Å². The van der Waals surface area contributed by atoms with Crippen molar-refractivity contribution in [1.82, 2.24) is 9.78 Å². The number of rotatable bonds is 1. The minimum atomic E-state index is 1.000. The molecule has 0 spiro atoms. The van der Waals surface area contributed by atoms with E-state index in [1.807, 2.05) is 11.7 Å². The van der Waals surface area contributed by atoms with Gasteiger partial charge in [0.05, 0.1) is 11.2 Å². The fourth-order valence-electron chi connectivity index (χ4n) is 2.00. The average Bonchev–Trinajstić information content (AvgIpc) is 2.49. The Morgan fingerprint density at radius 3 is 2.64 bits per heavy atom. The molecule has 0 aliphatic heterocycles. The number of fused-ring (bicyclic) bond motifs is 1. The van der Waals surface area contributed by atoms with Crippen molar-refractivity contribution in [3.63, 3.8) is 0 Å². The summed E-state index contributed by atoms with van der Waals surface area (Å²) in [5, 5.41) is 5.83. The number of nitrogens with zero attached hydrogens (tertiary/aromatic N) is 2. The Labute approximate surface area is 84.5 Å². The van der Waals surface area contributed by atoms with Crippen LogP contribution in [0.1, 0.15) is 23.7 Å². The summed E-state index contributed by atoms with van der Waals surface area (Å²) >= 11 is 0. The van der Waals surface area contributed by atoms with Gasteiger partial charge in [-0.25, -0.2) is 0 Å². The first-order chi connectivity index (χ1) is 6.65. The van der Waals surface area contributed by atoms with Crippen molar-refractivity contribution in [2.45, 2.75) is 27.2 Å². The smallest absolute Gasteiger partial charge is 0.0713 e. The SMILES string of the molecule is CCc1nn(C)c2c(C)c(C)ccc12. The first kappa shape index (κ1) is 9.25. The van der Waals surface area contributed by atoms with Crippen molar-refractivity contribution in [1.29, 1.82) is 0 Å². The quantitative estimate of drug-likeness (QED) is 0.673. The highest BCUT2D eigenvalue weighted by atomic mass is 15.3. The van der Waals surface area contributed by atoms with Crippen molar-refractivity contribution in [2.24, 2.45) is 7.05 Å². The maximum Gasteiger partial charge on any atom is 0.0713 e. The molecule has 74 valence electrons. The Kier molecular flexibility index (Phi) is 2.06. The van der Waals surface area contributed by atoms with Crippen LogP contribution < -0.4 is 0 Å². The molecule has 1 aromatic heterocycles. The zero-order valence-electron chi connectivity index (χ0n) is 9.26. The second-order valence-corrected chi connectivity index (χ2v) is 3.83. The maximum atomic E-state index is 4.53. The van der Waals surface area contributed by atoms with Gasteiger partial charge in [0, 0.05) is 12.4 Å². The van der Waals surface area contributed by atoms with Gasteiger partial charge in [-0.15, -0.1) is 0 Å². The monoisotopic (exact) mass is 188 g/mol. The van der Waals surface area contributed by atoms with E-state index in [4.69, 9.17) is 0 Å². The molecule has 14 heavy (non-hydrogen) atoms. The summed E-state index contributed by atoms with van der Waals surface area (Å²) in [4.78, 5) is 0. The Morgan fingerprint density at radius 1 is 1.29 bits per heavy atom. The molecular weight excluding hydrogens is 172 g/mol. The van der Waals surface area contributed by atoms with Crippen LogP contribution in [0.15, 0.2) is 12.1 Å². The molecule has 0 saturated carbocycles. The Bertz CT molecular complexity index is 481. The molecule has 0 saturated heterocycles. The molecule has 1 heterocycles. The minimum absolute atomic E-state index is 1.000. The van der Waals surface area contributed by atoms with Gasteiger partial charge in [0.1, 0.15) is 0 Å². The summed E-state index contributed by atoms with van der Waals surface area (Å²) < 4.78 is 2.00. The molecule has 1 aromatic carbocycles. The van der Waals surface area contributed by atoms with Crippen LogP contribution in [0.2, 0.25) is 0 Å². The number of aromatic nitrogens is 2.